The summed E-state index contributed by atoms with van der Waals surface area (Å²) in [5, 5.41) is 8.03. The molecule has 1 heterocycles. The lowest BCUT2D eigenvalue weighted by molar-refractivity contribution is 0.607. The second-order valence-electron chi connectivity index (χ2n) is 3.25. The molecule has 1 aromatic heterocycles. The summed E-state index contributed by atoms with van der Waals surface area (Å²) in [5.74, 6) is 0.397. The van der Waals surface area contributed by atoms with Crippen molar-refractivity contribution in [2.24, 2.45) is 5.73 Å². The standard InChI is InChI=1S/C9H16N4/c1-4-5-13-9(7(2)3)8(6-10)11-12-13/h4,7H,1,5-6,10H2,2-3H3. The Bertz CT molecular complexity index is 288. The summed E-state index contributed by atoms with van der Waals surface area (Å²) in [7, 11) is 0. The number of nitrogens with zero attached hydrogens (tertiary/aromatic N) is 3. The van der Waals surface area contributed by atoms with E-state index >= 15 is 0 Å². The summed E-state index contributed by atoms with van der Waals surface area (Å²) in [5.41, 5.74) is 7.56. The molecule has 4 nitrogen and oxygen atoms in total. The second-order valence-corrected chi connectivity index (χ2v) is 3.25. The van der Waals surface area contributed by atoms with Gasteiger partial charge in [-0.15, -0.1) is 11.7 Å². The summed E-state index contributed by atoms with van der Waals surface area (Å²) in [4.78, 5) is 0. The summed E-state index contributed by atoms with van der Waals surface area (Å²) in [6, 6.07) is 0. The van der Waals surface area contributed by atoms with Crippen LogP contribution in [0, 0.1) is 0 Å². The van der Waals surface area contributed by atoms with Crippen molar-refractivity contribution in [1.82, 2.24) is 15.0 Å². The van der Waals surface area contributed by atoms with Gasteiger partial charge in [-0.3, -0.25) is 0 Å². The fourth-order valence-electron chi connectivity index (χ4n) is 1.39. The van der Waals surface area contributed by atoms with Crippen LogP contribution in [-0.2, 0) is 13.1 Å². The van der Waals surface area contributed by atoms with Gasteiger partial charge < -0.3 is 5.73 Å². The van der Waals surface area contributed by atoms with Crippen LogP contribution >= 0.6 is 0 Å². The molecule has 0 aliphatic carbocycles. The number of rotatable bonds is 4. The van der Waals surface area contributed by atoms with E-state index in [4.69, 9.17) is 5.73 Å². The molecule has 0 unspecified atom stereocenters. The smallest absolute Gasteiger partial charge is 0.0997 e. The highest BCUT2D eigenvalue weighted by Crippen LogP contribution is 2.16. The molecule has 0 aliphatic heterocycles. The molecule has 0 saturated heterocycles. The average Bonchev–Trinajstić information content (AvgIpc) is 2.48. The van der Waals surface area contributed by atoms with Gasteiger partial charge in [-0.05, 0) is 5.92 Å². The normalized spacial score (nSPS) is 10.8. The Labute approximate surface area is 78.4 Å². The van der Waals surface area contributed by atoms with E-state index < -0.39 is 0 Å². The molecule has 1 rings (SSSR count). The lowest BCUT2D eigenvalue weighted by Crippen LogP contribution is -2.08. The van der Waals surface area contributed by atoms with Crippen molar-refractivity contribution < 1.29 is 0 Å². The van der Waals surface area contributed by atoms with Crippen molar-refractivity contribution >= 4 is 0 Å². The average molecular weight is 180 g/mol. The van der Waals surface area contributed by atoms with Gasteiger partial charge in [0.2, 0.25) is 0 Å². The second kappa shape index (κ2) is 4.18. The molecule has 72 valence electrons. The number of hydrogen-bond donors (Lipinski definition) is 1. The Morgan fingerprint density at radius 1 is 1.62 bits per heavy atom. The van der Waals surface area contributed by atoms with Crippen LogP contribution in [0.1, 0.15) is 31.2 Å². The zero-order valence-electron chi connectivity index (χ0n) is 8.20. The first kappa shape index (κ1) is 9.92. The summed E-state index contributed by atoms with van der Waals surface area (Å²) in [6.45, 7) is 9.03. The summed E-state index contributed by atoms with van der Waals surface area (Å²) < 4.78 is 1.85. The van der Waals surface area contributed by atoms with Gasteiger partial charge >= 0.3 is 0 Å². The molecule has 13 heavy (non-hydrogen) atoms. The SMILES string of the molecule is C=CCn1nnc(CN)c1C(C)C. The Kier molecular flexibility index (Phi) is 3.19. The Morgan fingerprint density at radius 3 is 2.77 bits per heavy atom. The monoisotopic (exact) mass is 180 g/mol. The van der Waals surface area contributed by atoms with Crippen molar-refractivity contribution in [2.75, 3.05) is 0 Å². The lowest BCUT2D eigenvalue weighted by atomic mass is 10.1. The first-order valence-electron chi connectivity index (χ1n) is 4.44. The first-order chi connectivity index (χ1) is 6.20. The fraction of sp³-hybridized carbons (Fsp3) is 0.556. The van der Waals surface area contributed by atoms with Gasteiger partial charge in [-0.25, -0.2) is 4.68 Å². The predicted molar refractivity (Wildman–Crippen MR) is 52.2 cm³/mol. The minimum Gasteiger partial charge on any atom is -0.325 e. The molecule has 0 atom stereocenters. The van der Waals surface area contributed by atoms with E-state index in [0.717, 1.165) is 11.4 Å². The molecule has 0 aliphatic rings. The maximum atomic E-state index is 5.56. The molecule has 0 bridgehead atoms. The van der Waals surface area contributed by atoms with Gasteiger partial charge in [0.25, 0.3) is 0 Å². The van der Waals surface area contributed by atoms with Crippen molar-refractivity contribution in [3.8, 4) is 0 Å². The van der Waals surface area contributed by atoms with E-state index in [1.165, 1.54) is 0 Å². The molecule has 0 radical (unpaired) electrons. The Morgan fingerprint density at radius 2 is 2.31 bits per heavy atom. The topological polar surface area (TPSA) is 56.7 Å². The third-order valence-electron chi connectivity index (χ3n) is 1.89. The number of hydrogen-bond acceptors (Lipinski definition) is 3. The summed E-state index contributed by atoms with van der Waals surface area (Å²) >= 11 is 0. The van der Waals surface area contributed by atoms with Gasteiger partial charge in [0, 0.05) is 6.54 Å². The molecule has 0 amide bonds. The zero-order chi connectivity index (χ0) is 9.84. The van der Waals surface area contributed by atoms with Crippen LogP contribution < -0.4 is 5.73 Å². The number of allylic oxidation sites excluding steroid dienone is 1. The highest BCUT2D eigenvalue weighted by molar-refractivity contribution is 5.14. The van der Waals surface area contributed by atoms with Crippen molar-refractivity contribution in [3.63, 3.8) is 0 Å². The van der Waals surface area contributed by atoms with Crippen LogP contribution in [0.15, 0.2) is 12.7 Å². The van der Waals surface area contributed by atoms with Crippen molar-refractivity contribution in [3.05, 3.63) is 24.0 Å². The molecular weight excluding hydrogens is 164 g/mol. The van der Waals surface area contributed by atoms with E-state index in [0.29, 0.717) is 19.0 Å². The van der Waals surface area contributed by atoms with Gasteiger partial charge in [0.1, 0.15) is 0 Å². The molecule has 0 spiro atoms. The van der Waals surface area contributed by atoms with Crippen LogP contribution in [0.25, 0.3) is 0 Å². The van der Waals surface area contributed by atoms with Gasteiger partial charge in [-0.2, -0.15) is 0 Å². The van der Waals surface area contributed by atoms with Crippen LogP contribution in [0.3, 0.4) is 0 Å². The molecule has 0 saturated carbocycles. The van der Waals surface area contributed by atoms with Crippen LogP contribution in [0.5, 0.6) is 0 Å². The van der Waals surface area contributed by atoms with Gasteiger partial charge in [-0.1, -0.05) is 25.1 Å². The maximum Gasteiger partial charge on any atom is 0.0997 e. The van der Waals surface area contributed by atoms with E-state index in [1.807, 2.05) is 4.68 Å². The Hall–Kier alpha value is -1.16. The number of nitrogens with two attached hydrogens (primary N) is 1. The molecule has 1 aromatic rings. The summed E-state index contributed by atoms with van der Waals surface area (Å²) in [6.07, 6.45) is 1.81. The molecule has 0 aromatic carbocycles. The zero-order valence-corrected chi connectivity index (χ0v) is 8.20. The molecular formula is C9H16N4. The Balaban J connectivity index is 3.05. The highest BCUT2D eigenvalue weighted by Gasteiger charge is 2.13. The highest BCUT2D eigenvalue weighted by atomic mass is 15.4. The van der Waals surface area contributed by atoms with Gasteiger partial charge in [0.15, 0.2) is 0 Å². The third kappa shape index (κ3) is 1.95. The van der Waals surface area contributed by atoms with E-state index in [2.05, 4.69) is 30.7 Å². The van der Waals surface area contributed by atoms with Crippen LogP contribution in [0.4, 0.5) is 0 Å². The fourth-order valence-corrected chi connectivity index (χ4v) is 1.39. The van der Waals surface area contributed by atoms with Crippen molar-refractivity contribution in [1.29, 1.82) is 0 Å². The van der Waals surface area contributed by atoms with E-state index in [9.17, 15) is 0 Å². The molecule has 0 fully saturated rings. The molecule has 2 N–H and O–H groups in total. The van der Waals surface area contributed by atoms with Crippen molar-refractivity contribution in [2.45, 2.75) is 32.9 Å². The third-order valence-corrected chi connectivity index (χ3v) is 1.89. The van der Waals surface area contributed by atoms with Crippen LogP contribution in [-0.4, -0.2) is 15.0 Å². The van der Waals surface area contributed by atoms with Crippen LogP contribution in [0.2, 0.25) is 0 Å². The maximum absolute atomic E-state index is 5.56. The number of aromatic nitrogens is 3. The van der Waals surface area contributed by atoms with E-state index in [1.54, 1.807) is 6.08 Å². The minimum atomic E-state index is 0.397. The van der Waals surface area contributed by atoms with E-state index in [-0.39, 0.29) is 0 Å². The molecule has 4 heteroatoms. The largest absolute Gasteiger partial charge is 0.325 e. The lowest BCUT2D eigenvalue weighted by Gasteiger charge is -2.08. The predicted octanol–water partition coefficient (Wildman–Crippen LogP) is 1.05. The first-order valence-corrected chi connectivity index (χ1v) is 4.44. The van der Waals surface area contributed by atoms with Gasteiger partial charge in [0.05, 0.1) is 17.9 Å². The quantitative estimate of drug-likeness (QED) is 0.704. The minimum absolute atomic E-state index is 0.397.